The van der Waals surface area contributed by atoms with E-state index in [0.717, 1.165) is 35.2 Å². The number of fused-ring (bicyclic) bond motifs is 1. The lowest BCUT2D eigenvalue weighted by atomic mass is 10.0. The van der Waals surface area contributed by atoms with Gasteiger partial charge in [0, 0.05) is 23.7 Å². The predicted octanol–water partition coefficient (Wildman–Crippen LogP) is 3.90. The van der Waals surface area contributed by atoms with E-state index in [4.69, 9.17) is 4.42 Å². The van der Waals surface area contributed by atoms with Gasteiger partial charge in [-0.15, -0.1) is 0 Å². The molecule has 2 heterocycles. The van der Waals surface area contributed by atoms with Gasteiger partial charge in [-0.1, -0.05) is 6.92 Å². The van der Waals surface area contributed by atoms with E-state index in [1.54, 1.807) is 0 Å². The monoisotopic (exact) mass is 296 g/mol. The molecule has 0 radical (unpaired) electrons. The summed E-state index contributed by atoms with van der Waals surface area (Å²) in [7, 11) is 0. The highest BCUT2D eigenvalue weighted by molar-refractivity contribution is 5.94. The van der Waals surface area contributed by atoms with E-state index in [1.807, 2.05) is 12.1 Å². The lowest BCUT2D eigenvalue weighted by Gasteiger charge is -2.17. The summed E-state index contributed by atoms with van der Waals surface area (Å²) < 4.78 is 5.91. The van der Waals surface area contributed by atoms with Crippen LogP contribution in [0.1, 0.15) is 42.8 Å². The molecule has 22 heavy (non-hydrogen) atoms. The molecule has 0 unspecified atom stereocenters. The third-order valence-electron chi connectivity index (χ3n) is 4.62. The number of hydrogen-bond acceptors (Lipinski definition) is 3. The van der Waals surface area contributed by atoms with Crippen molar-refractivity contribution in [1.82, 2.24) is 0 Å². The first-order chi connectivity index (χ1) is 10.7. The molecule has 1 saturated carbocycles. The fraction of sp³-hybridized carbons (Fsp3) is 0.389. The number of rotatable bonds is 4. The summed E-state index contributed by atoms with van der Waals surface area (Å²) in [5.74, 6) is 3.59. The van der Waals surface area contributed by atoms with Gasteiger partial charge in [0.25, 0.3) is 0 Å². The molecule has 1 aromatic heterocycles. The molecule has 4 rings (SSSR count). The van der Waals surface area contributed by atoms with E-state index >= 15 is 0 Å². The molecule has 114 valence electrons. The zero-order valence-corrected chi connectivity index (χ0v) is 12.7. The van der Waals surface area contributed by atoms with Crippen LogP contribution in [0.4, 0.5) is 11.4 Å². The van der Waals surface area contributed by atoms with Crippen LogP contribution in [0.15, 0.2) is 34.7 Å². The number of benzene rings is 1. The van der Waals surface area contributed by atoms with Crippen LogP contribution in [0, 0.1) is 5.92 Å². The van der Waals surface area contributed by atoms with Crippen LogP contribution in [-0.4, -0.2) is 5.91 Å². The van der Waals surface area contributed by atoms with Gasteiger partial charge in [0.2, 0.25) is 5.91 Å². The fourth-order valence-corrected chi connectivity index (χ4v) is 3.09. The SMILES string of the molecule is C[C@H]1C[C@H]1c1ccc(CNc2ccc3c(c2)CCC(=O)N3)o1. The third kappa shape index (κ3) is 2.61. The second-order valence-corrected chi connectivity index (χ2v) is 6.40. The Hall–Kier alpha value is -2.23. The summed E-state index contributed by atoms with van der Waals surface area (Å²) in [6.45, 7) is 2.95. The first kappa shape index (κ1) is 13.4. The van der Waals surface area contributed by atoms with Crippen LogP contribution >= 0.6 is 0 Å². The zero-order valence-electron chi connectivity index (χ0n) is 12.7. The van der Waals surface area contributed by atoms with Crippen molar-refractivity contribution in [3.8, 4) is 0 Å². The van der Waals surface area contributed by atoms with Crippen molar-refractivity contribution in [1.29, 1.82) is 0 Å². The normalized spacial score (nSPS) is 22.9. The van der Waals surface area contributed by atoms with E-state index in [-0.39, 0.29) is 5.91 Å². The average molecular weight is 296 g/mol. The highest BCUT2D eigenvalue weighted by atomic mass is 16.3. The minimum absolute atomic E-state index is 0.102. The second-order valence-electron chi connectivity index (χ2n) is 6.40. The molecular weight excluding hydrogens is 276 g/mol. The molecular formula is C18H20N2O2. The third-order valence-corrected chi connectivity index (χ3v) is 4.62. The van der Waals surface area contributed by atoms with E-state index in [1.165, 1.54) is 12.0 Å². The van der Waals surface area contributed by atoms with Gasteiger partial charge in [0.15, 0.2) is 0 Å². The van der Waals surface area contributed by atoms with Gasteiger partial charge in [-0.2, -0.15) is 0 Å². The van der Waals surface area contributed by atoms with Gasteiger partial charge in [0.05, 0.1) is 6.54 Å². The summed E-state index contributed by atoms with van der Waals surface area (Å²) in [5.41, 5.74) is 3.19. The molecule has 1 fully saturated rings. The predicted molar refractivity (Wildman–Crippen MR) is 85.9 cm³/mol. The van der Waals surface area contributed by atoms with E-state index in [9.17, 15) is 4.79 Å². The average Bonchev–Trinajstić information content (AvgIpc) is 3.07. The lowest BCUT2D eigenvalue weighted by Crippen LogP contribution is -2.18. The Kier molecular flexibility index (Phi) is 3.17. The maximum atomic E-state index is 11.4. The molecule has 0 spiro atoms. The summed E-state index contributed by atoms with van der Waals surface area (Å²) >= 11 is 0. The Labute approximate surface area is 129 Å². The molecule has 2 aliphatic rings. The van der Waals surface area contributed by atoms with Gasteiger partial charge in [0.1, 0.15) is 11.5 Å². The summed E-state index contributed by atoms with van der Waals surface area (Å²) in [6, 6.07) is 10.2. The van der Waals surface area contributed by atoms with Crippen molar-refractivity contribution in [3.05, 3.63) is 47.4 Å². The van der Waals surface area contributed by atoms with Crippen LogP contribution in [0.3, 0.4) is 0 Å². The number of anilines is 2. The molecule has 2 aromatic rings. The quantitative estimate of drug-likeness (QED) is 0.899. The van der Waals surface area contributed by atoms with Gasteiger partial charge in [-0.05, 0) is 54.7 Å². The van der Waals surface area contributed by atoms with Crippen molar-refractivity contribution >= 4 is 17.3 Å². The smallest absolute Gasteiger partial charge is 0.224 e. The van der Waals surface area contributed by atoms with Gasteiger partial charge >= 0.3 is 0 Å². The summed E-state index contributed by atoms with van der Waals surface area (Å²) in [5, 5.41) is 6.30. The van der Waals surface area contributed by atoms with Crippen LogP contribution in [0.5, 0.6) is 0 Å². The summed E-state index contributed by atoms with van der Waals surface area (Å²) in [4.78, 5) is 11.4. The highest BCUT2D eigenvalue weighted by Crippen LogP contribution is 2.47. The van der Waals surface area contributed by atoms with Gasteiger partial charge in [-0.3, -0.25) is 4.79 Å². The molecule has 1 aromatic carbocycles. The van der Waals surface area contributed by atoms with E-state index in [2.05, 4.69) is 35.8 Å². The topological polar surface area (TPSA) is 54.3 Å². The highest BCUT2D eigenvalue weighted by Gasteiger charge is 2.36. The number of furan rings is 1. The second kappa shape index (κ2) is 5.20. The number of carbonyl (C=O) groups excluding carboxylic acids is 1. The first-order valence-corrected chi connectivity index (χ1v) is 7.94. The van der Waals surface area contributed by atoms with E-state index < -0.39 is 0 Å². The Morgan fingerprint density at radius 1 is 1.27 bits per heavy atom. The summed E-state index contributed by atoms with van der Waals surface area (Å²) in [6.07, 6.45) is 2.62. The Morgan fingerprint density at radius 3 is 2.95 bits per heavy atom. The molecule has 2 N–H and O–H groups in total. The van der Waals surface area contributed by atoms with Crippen molar-refractivity contribution < 1.29 is 9.21 Å². The Bertz CT molecular complexity index is 720. The molecule has 0 bridgehead atoms. The number of amides is 1. The minimum atomic E-state index is 0.102. The van der Waals surface area contributed by atoms with Crippen molar-refractivity contribution in [2.45, 2.75) is 38.6 Å². The molecule has 2 atom stereocenters. The number of hydrogen-bond donors (Lipinski definition) is 2. The largest absolute Gasteiger partial charge is 0.464 e. The Morgan fingerprint density at radius 2 is 2.14 bits per heavy atom. The molecule has 4 heteroatoms. The molecule has 1 aliphatic heterocycles. The minimum Gasteiger partial charge on any atom is -0.464 e. The van der Waals surface area contributed by atoms with Gasteiger partial charge < -0.3 is 15.1 Å². The molecule has 1 amide bonds. The number of carbonyl (C=O) groups is 1. The Balaban J connectivity index is 1.41. The van der Waals surface area contributed by atoms with Crippen LogP contribution < -0.4 is 10.6 Å². The van der Waals surface area contributed by atoms with Crippen molar-refractivity contribution in [3.63, 3.8) is 0 Å². The van der Waals surface area contributed by atoms with Gasteiger partial charge in [-0.25, -0.2) is 0 Å². The molecule has 4 nitrogen and oxygen atoms in total. The van der Waals surface area contributed by atoms with Crippen molar-refractivity contribution in [2.24, 2.45) is 5.92 Å². The van der Waals surface area contributed by atoms with Crippen molar-refractivity contribution in [2.75, 3.05) is 10.6 Å². The maximum Gasteiger partial charge on any atom is 0.224 e. The van der Waals surface area contributed by atoms with E-state index in [0.29, 0.717) is 18.9 Å². The lowest BCUT2D eigenvalue weighted by molar-refractivity contribution is -0.116. The number of aryl methyl sites for hydroxylation is 1. The first-order valence-electron chi connectivity index (χ1n) is 7.94. The molecule has 1 aliphatic carbocycles. The molecule has 0 saturated heterocycles. The standard InChI is InChI=1S/C18H20N2O2/c1-11-8-15(11)17-6-4-14(22-17)10-19-13-3-5-16-12(9-13)2-7-18(21)20-16/h3-6,9,11,15,19H,2,7-8,10H2,1H3,(H,20,21)/t11-,15+/m0/s1. The van der Waals surface area contributed by atoms with Crippen LogP contribution in [-0.2, 0) is 17.8 Å². The zero-order chi connectivity index (χ0) is 15.1. The van der Waals surface area contributed by atoms with Crippen LogP contribution in [0.25, 0.3) is 0 Å². The maximum absolute atomic E-state index is 11.4. The number of nitrogens with one attached hydrogen (secondary N) is 2. The van der Waals surface area contributed by atoms with Crippen LogP contribution in [0.2, 0.25) is 0 Å². The fourth-order valence-electron chi connectivity index (χ4n) is 3.09.